The standard InChI is InChI=1S/C15H33N/c1-7-10-12-15(9-3,11-8-2)13-16-14(4,5)6/h16H,7-13H2,1-6H3. The first-order valence-corrected chi connectivity index (χ1v) is 7.14. The highest BCUT2D eigenvalue weighted by atomic mass is 15.0. The summed E-state index contributed by atoms with van der Waals surface area (Å²) in [6.45, 7) is 14.9. The van der Waals surface area contributed by atoms with Crippen molar-refractivity contribution in [1.29, 1.82) is 0 Å². The van der Waals surface area contributed by atoms with Gasteiger partial charge in [0.2, 0.25) is 0 Å². The maximum Gasteiger partial charge on any atom is 0.00967 e. The third-order valence-corrected chi connectivity index (χ3v) is 3.58. The Hall–Kier alpha value is -0.0400. The third-order valence-electron chi connectivity index (χ3n) is 3.58. The second-order valence-electron chi connectivity index (χ2n) is 6.31. The summed E-state index contributed by atoms with van der Waals surface area (Å²) in [5, 5.41) is 3.71. The average molecular weight is 227 g/mol. The summed E-state index contributed by atoms with van der Waals surface area (Å²) in [4.78, 5) is 0. The van der Waals surface area contributed by atoms with Crippen LogP contribution < -0.4 is 5.32 Å². The van der Waals surface area contributed by atoms with Crippen LogP contribution in [-0.2, 0) is 0 Å². The quantitative estimate of drug-likeness (QED) is 0.630. The Morgan fingerprint density at radius 2 is 1.50 bits per heavy atom. The van der Waals surface area contributed by atoms with Crippen LogP contribution in [0.3, 0.4) is 0 Å². The van der Waals surface area contributed by atoms with Crippen LogP contribution >= 0.6 is 0 Å². The molecule has 0 bridgehead atoms. The Bertz CT molecular complexity index is 169. The lowest BCUT2D eigenvalue weighted by atomic mass is 9.76. The maximum atomic E-state index is 3.71. The number of nitrogens with one attached hydrogen (secondary N) is 1. The van der Waals surface area contributed by atoms with Gasteiger partial charge in [-0.05, 0) is 45.4 Å². The first kappa shape index (κ1) is 16.0. The normalized spacial score (nSPS) is 16.1. The van der Waals surface area contributed by atoms with E-state index in [1.165, 1.54) is 45.1 Å². The van der Waals surface area contributed by atoms with Crippen LogP contribution in [0, 0.1) is 5.41 Å². The molecule has 1 nitrogen and oxygen atoms in total. The van der Waals surface area contributed by atoms with Gasteiger partial charge >= 0.3 is 0 Å². The molecule has 16 heavy (non-hydrogen) atoms. The lowest BCUT2D eigenvalue weighted by Crippen LogP contribution is -2.43. The molecular weight excluding hydrogens is 194 g/mol. The van der Waals surface area contributed by atoms with Crippen LogP contribution in [0.25, 0.3) is 0 Å². The smallest absolute Gasteiger partial charge is 0.00967 e. The number of hydrogen-bond donors (Lipinski definition) is 1. The SMILES string of the molecule is CCCCC(CC)(CCC)CNC(C)(C)C. The van der Waals surface area contributed by atoms with Crippen LogP contribution in [-0.4, -0.2) is 12.1 Å². The van der Waals surface area contributed by atoms with Crippen LogP contribution in [0.15, 0.2) is 0 Å². The molecular formula is C15H33N. The van der Waals surface area contributed by atoms with E-state index in [0.29, 0.717) is 5.41 Å². The summed E-state index contributed by atoms with van der Waals surface area (Å²) in [6, 6.07) is 0. The summed E-state index contributed by atoms with van der Waals surface area (Å²) in [6.07, 6.45) is 8.07. The van der Waals surface area contributed by atoms with E-state index in [2.05, 4.69) is 46.9 Å². The summed E-state index contributed by atoms with van der Waals surface area (Å²) in [5.41, 5.74) is 0.790. The molecule has 98 valence electrons. The highest BCUT2D eigenvalue weighted by Crippen LogP contribution is 2.33. The van der Waals surface area contributed by atoms with E-state index in [-0.39, 0.29) is 5.54 Å². The van der Waals surface area contributed by atoms with Crippen molar-refractivity contribution in [2.24, 2.45) is 5.41 Å². The highest BCUT2D eigenvalue weighted by Gasteiger charge is 2.27. The molecule has 0 aliphatic carbocycles. The predicted octanol–water partition coefficient (Wildman–Crippen LogP) is 4.76. The van der Waals surface area contributed by atoms with E-state index < -0.39 is 0 Å². The minimum absolute atomic E-state index is 0.250. The monoisotopic (exact) mass is 227 g/mol. The summed E-state index contributed by atoms with van der Waals surface area (Å²) < 4.78 is 0. The van der Waals surface area contributed by atoms with Gasteiger partial charge in [-0.3, -0.25) is 0 Å². The van der Waals surface area contributed by atoms with Crippen molar-refractivity contribution < 1.29 is 0 Å². The molecule has 0 aliphatic rings. The first-order chi connectivity index (χ1) is 7.39. The molecule has 0 aliphatic heterocycles. The van der Waals surface area contributed by atoms with Crippen LogP contribution in [0.4, 0.5) is 0 Å². The fourth-order valence-electron chi connectivity index (χ4n) is 2.32. The van der Waals surface area contributed by atoms with E-state index in [9.17, 15) is 0 Å². The topological polar surface area (TPSA) is 12.0 Å². The molecule has 0 amide bonds. The molecule has 0 radical (unpaired) electrons. The Morgan fingerprint density at radius 3 is 1.88 bits per heavy atom. The molecule has 0 aromatic carbocycles. The van der Waals surface area contributed by atoms with Crippen LogP contribution in [0.2, 0.25) is 0 Å². The lowest BCUT2D eigenvalue weighted by Gasteiger charge is -2.36. The third kappa shape index (κ3) is 6.52. The fourth-order valence-corrected chi connectivity index (χ4v) is 2.32. The second-order valence-corrected chi connectivity index (χ2v) is 6.31. The predicted molar refractivity (Wildman–Crippen MR) is 74.9 cm³/mol. The fraction of sp³-hybridized carbons (Fsp3) is 1.00. The molecule has 0 fully saturated rings. The summed E-state index contributed by atoms with van der Waals surface area (Å²) in [7, 11) is 0. The van der Waals surface area contributed by atoms with Gasteiger partial charge in [0, 0.05) is 12.1 Å². The summed E-state index contributed by atoms with van der Waals surface area (Å²) >= 11 is 0. The first-order valence-electron chi connectivity index (χ1n) is 7.14. The van der Waals surface area contributed by atoms with Gasteiger partial charge in [-0.15, -0.1) is 0 Å². The molecule has 1 heteroatoms. The van der Waals surface area contributed by atoms with Gasteiger partial charge in [0.15, 0.2) is 0 Å². The Kier molecular flexibility index (Phi) is 7.30. The molecule has 0 saturated heterocycles. The van der Waals surface area contributed by atoms with Crippen molar-refractivity contribution >= 4 is 0 Å². The van der Waals surface area contributed by atoms with Crippen molar-refractivity contribution in [3.05, 3.63) is 0 Å². The Morgan fingerprint density at radius 1 is 0.875 bits per heavy atom. The van der Waals surface area contributed by atoms with Crippen molar-refractivity contribution in [3.8, 4) is 0 Å². The van der Waals surface area contributed by atoms with Gasteiger partial charge in [0.05, 0.1) is 0 Å². The molecule has 0 rings (SSSR count). The number of unbranched alkanes of at least 4 members (excludes halogenated alkanes) is 1. The van der Waals surface area contributed by atoms with Crippen molar-refractivity contribution in [2.45, 2.75) is 85.6 Å². The van der Waals surface area contributed by atoms with Gasteiger partial charge in [0.1, 0.15) is 0 Å². The summed E-state index contributed by atoms with van der Waals surface area (Å²) in [5.74, 6) is 0. The van der Waals surface area contributed by atoms with Gasteiger partial charge in [0.25, 0.3) is 0 Å². The molecule has 0 heterocycles. The van der Waals surface area contributed by atoms with E-state index >= 15 is 0 Å². The van der Waals surface area contributed by atoms with Crippen molar-refractivity contribution in [2.75, 3.05) is 6.54 Å². The molecule has 1 N–H and O–H groups in total. The highest BCUT2D eigenvalue weighted by molar-refractivity contribution is 4.83. The zero-order valence-corrected chi connectivity index (χ0v) is 12.4. The Balaban J connectivity index is 4.37. The Labute approximate surface area is 103 Å². The van der Waals surface area contributed by atoms with E-state index in [4.69, 9.17) is 0 Å². The van der Waals surface area contributed by atoms with E-state index in [1.54, 1.807) is 0 Å². The molecule has 0 aromatic heterocycles. The molecule has 0 spiro atoms. The maximum absolute atomic E-state index is 3.71. The number of hydrogen-bond acceptors (Lipinski definition) is 1. The van der Waals surface area contributed by atoms with Gasteiger partial charge in [-0.1, -0.05) is 40.0 Å². The van der Waals surface area contributed by atoms with Gasteiger partial charge in [-0.2, -0.15) is 0 Å². The molecule has 0 aromatic rings. The molecule has 1 atom stereocenters. The average Bonchev–Trinajstić information content (AvgIpc) is 2.21. The van der Waals surface area contributed by atoms with E-state index in [1.807, 2.05) is 0 Å². The van der Waals surface area contributed by atoms with Crippen molar-refractivity contribution in [1.82, 2.24) is 5.32 Å². The molecule has 0 saturated carbocycles. The van der Waals surface area contributed by atoms with Crippen LogP contribution in [0.5, 0.6) is 0 Å². The second kappa shape index (κ2) is 7.32. The van der Waals surface area contributed by atoms with Crippen LogP contribution in [0.1, 0.15) is 80.1 Å². The van der Waals surface area contributed by atoms with E-state index in [0.717, 1.165) is 0 Å². The molecule has 1 unspecified atom stereocenters. The van der Waals surface area contributed by atoms with Gasteiger partial charge < -0.3 is 5.32 Å². The lowest BCUT2D eigenvalue weighted by molar-refractivity contribution is 0.190. The van der Waals surface area contributed by atoms with Gasteiger partial charge in [-0.25, -0.2) is 0 Å². The minimum Gasteiger partial charge on any atom is -0.312 e. The largest absolute Gasteiger partial charge is 0.312 e. The van der Waals surface area contributed by atoms with Crippen molar-refractivity contribution in [3.63, 3.8) is 0 Å². The zero-order chi connectivity index (χ0) is 12.7. The minimum atomic E-state index is 0.250. The zero-order valence-electron chi connectivity index (χ0n) is 12.4. The number of rotatable bonds is 8.